The van der Waals surface area contributed by atoms with E-state index in [-0.39, 0.29) is 5.82 Å². The average molecular weight is 428 g/mol. The molecule has 5 nitrogen and oxygen atoms in total. The molecule has 0 aliphatic heterocycles. The zero-order valence-electron chi connectivity index (χ0n) is 16.6. The highest BCUT2D eigenvalue weighted by atomic mass is 32.1. The van der Waals surface area contributed by atoms with Crippen LogP contribution in [0.15, 0.2) is 66.9 Å². The normalized spacial score (nSPS) is 10.5. The topological polar surface area (TPSA) is 69.9 Å². The van der Waals surface area contributed by atoms with Crippen molar-refractivity contribution in [3.63, 3.8) is 0 Å². The van der Waals surface area contributed by atoms with E-state index in [2.05, 4.69) is 16.0 Å². The Morgan fingerprint density at radius 1 is 1.13 bits per heavy atom. The van der Waals surface area contributed by atoms with Gasteiger partial charge in [0.05, 0.1) is 23.9 Å². The van der Waals surface area contributed by atoms with Crippen LogP contribution in [0.3, 0.4) is 0 Å². The number of pyridine rings is 1. The van der Waals surface area contributed by atoms with E-state index >= 15 is 0 Å². The number of rotatable bonds is 6. The smallest absolute Gasteiger partial charge is 0.191 e. The minimum Gasteiger partial charge on any atom is -0.313 e. The van der Waals surface area contributed by atoms with Crippen molar-refractivity contribution >= 4 is 28.4 Å². The van der Waals surface area contributed by atoms with Crippen LogP contribution in [-0.4, -0.2) is 16.3 Å². The molecule has 0 unspecified atom stereocenters. The Hall–Kier alpha value is -3.89. The van der Waals surface area contributed by atoms with Gasteiger partial charge in [-0.25, -0.2) is 9.37 Å². The number of nitrogens with zero attached hydrogens (tertiary/aromatic N) is 4. The Kier molecular flexibility index (Phi) is 5.83. The molecule has 4 rings (SSSR count). The van der Waals surface area contributed by atoms with Crippen molar-refractivity contribution in [1.29, 1.82) is 5.26 Å². The van der Waals surface area contributed by atoms with E-state index in [0.717, 1.165) is 22.4 Å². The molecule has 2 heterocycles. The van der Waals surface area contributed by atoms with E-state index in [1.165, 1.54) is 17.4 Å². The molecule has 0 saturated heterocycles. The summed E-state index contributed by atoms with van der Waals surface area (Å²) in [5.41, 5.74) is 3.70. The Labute approximate surface area is 183 Å². The predicted molar refractivity (Wildman–Crippen MR) is 119 cm³/mol. The fraction of sp³-hybridized carbons (Fsp3) is 0.0833. The lowest BCUT2D eigenvalue weighted by atomic mass is 10.1. The molecule has 0 aliphatic rings. The zero-order chi connectivity index (χ0) is 21.8. The third-order valence-electron chi connectivity index (χ3n) is 4.79. The fourth-order valence-electron chi connectivity index (χ4n) is 3.13. The van der Waals surface area contributed by atoms with Gasteiger partial charge in [0.2, 0.25) is 0 Å². The fourth-order valence-corrected chi connectivity index (χ4v) is 4.03. The summed E-state index contributed by atoms with van der Waals surface area (Å²) in [6.07, 6.45) is 2.45. The van der Waals surface area contributed by atoms with Gasteiger partial charge < -0.3 is 4.90 Å². The maximum absolute atomic E-state index is 14.1. The number of hydrogen-bond acceptors (Lipinski definition) is 6. The van der Waals surface area contributed by atoms with Gasteiger partial charge in [0.25, 0.3) is 0 Å². The number of aldehydes is 1. The van der Waals surface area contributed by atoms with Gasteiger partial charge in [0.15, 0.2) is 11.4 Å². The van der Waals surface area contributed by atoms with Gasteiger partial charge in [-0.15, -0.1) is 11.3 Å². The van der Waals surface area contributed by atoms with Gasteiger partial charge in [-0.2, -0.15) is 5.26 Å². The molecule has 152 valence electrons. The number of halogens is 1. The first kappa shape index (κ1) is 20.4. The Balaban J connectivity index is 1.67. The molecule has 0 spiro atoms. The lowest BCUT2D eigenvalue weighted by molar-refractivity contribution is 0.111. The molecule has 0 N–H and O–H groups in total. The minimum absolute atomic E-state index is 0.318. The van der Waals surface area contributed by atoms with E-state index in [1.54, 1.807) is 42.6 Å². The first-order chi connectivity index (χ1) is 15.1. The molecule has 2 aromatic carbocycles. The summed E-state index contributed by atoms with van der Waals surface area (Å²) < 4.78 is 14.1. The van der Waals surface area contributed by atoms with Crippen LogP contribution in [0.1, 0.15) is 26.5 Å². The molecular formula is C24H17FN4OS. The summed E-state index contributed by atoms with van der Waals surface area (Å²) in [5.74, 6) is -0.318. The van der Waals surface area contributed by atoms with Crippen LogP contribution in [0.4, 0.5) is 15.2 Å². The van der Waals surface area contributed by atoms with E-state index < -0.39 is 0 Å². The van der Waals surface area contributed by atoms with Crippen molar-refractivity contribution in [2.45, 2.75) is 13.5 Å². The molecule has 31 heavy (non-hydrogen) atoms. The van der Waals surface area contributed by atoms with Gasteiger partial charge in [-0.1, -0.05) is 18.2 Å². The van der Waals surface area contributed by atoms with Crippen LogP contribution in [0, 0.1) is 24.1 Å². The third-order valence-corrected chi connectivity index (χ3v) is 5.80. The van der Waals surface area contributed by atoms with Gasteiger partial charge in [0.1, 0.15) is 11.5 Å². The van der Waals surface area contributed by atoms with Crippen LogP contribution in [0.5, 0.6) is 0 Å². The van der Waals surface area contributed by atoms with Gasteiger partial charge in [0, 0.05) is 22.3 Å². The molecule has 0 fully saturated rings. The Bertz CT molecular complexity index is 1260. The summed E-state index contributed by atoms with van der Waals surface area (Å²) in [6, 6.07) is 19.5. The summed E-state index contributed by atoms with van der Waals surface area (Å²) in [5, 5.41) is 9.75. The maximum atomic E-state index is 14.1. The molecule has 4 aromatic rings. The van der Waals surface area contributed by atoms with Gasteiger partial charge in [-0.3, -0.25) is 9.78 Å². The highest BCUT2D eigenvalue weighted by Crippen LogP contribution is 2.33. The minimum atomic E-state index is -0.318. The standard InChI is InChI=1S/C24H17FN4OS/c1-16-23(15-30)28-24(31-16)29(19-9-6-17(12-26)7-10-19)14-18-8-11-22(27-13-18)20-4-2-3-5-21(20)25/h2-11,13,15H,14H2,1H3. The van der Waals surface area contributed by atoms with Crippen molar-refractivity contribution in [3.8, 4) is 17.3 Å². The highest BCUT2D eigenvalue weighted by molar-refractivity contribution is 7.15. The first-order valence-electron chi connectivity index (χ1n) is 9.49. The second-order valence-corrected chi connectivity index (χ2v) is 8.01. The van der Waals surface area contributed by atoms with Crippen molar-refractivity contribution in [2.75, 3.05) is 4.90 Å². The lowest BCUT2D eigenvalue weighted by Crippen LogP contribution is -2.16. The molecule has 0 saturated carbocycles. The lowest BCUT2D eigenvalue weighted by Gasteiger charge is -2.22. The number of aryl methyl sites for hydroxylation is 1. The first-order valence-corrected chi connectivity index (χ1v) is 10.3. The van der Waals surface area contributed by atoms with Crippen LogP contribution in [0.25, 0.3) is 11.3 Å². The molecule has 0 aliphatic carbocycles. The quantitative estimate of drug-likeness (QED) is 0.370. The number of carbonyl (C=O) groups is 1. The second-order valence-electron chi connectivity index (χ2n) is 6.83. The number of thiazole rings is 1. The van der Waals surface area contributed by atoms with Gasteiger partial charge in [-0.05, 0) is 55.0 Å². The van der Waals surface area contributed by atoms with E-state index in [0.29, 0.717) is 34.2 Å². The van der Waals surface area contributed by atoms with Crippen LogP contribution in [-0.2, 0) is 6.54 Å². The molecule has 0 amide bonds. The Morgan fingerprint density at radius 2 is 1.90 bits per heavy atom. The molecule has 7 heteroatoms. The van der Waals surface area contributed by atoms with Crippen molar-refractivity contribution in [1.82, 2.24) is 9.97 Å². The summed E-state index contributed by atoms with van der Waals surface area (Å²) in [7, 11) is 0. The average Bonchev–Trinajstić information content (AvgIpc) is 3.19. The predicted octanol–water partition coefficient (Wildman–Crippen LogP) is 5.68. The van der Waals surface area contributed by atoms with Crippen LogP contribution < -0.4 is 4.90 Å². The third kappa shape index (κ3) is 4.34. The number of anilines is 2. The molecule has 0 bridgehead atoms. The SMILES string of the molecule is Cc1sc(N(Cc2ccc(-c3ccccc3F)nc2)c2ccc(C#N)cc2)nc1C=O. The maximum Gasteiger partial charge on any atom is 0.191 e. The Morgan fingerprint density at radius 3 is 2.52 bits per heavy atom. The van der Waals surface area contributed by atoms with E-state index in [1.807, 2.05) is 30.0 Å². The van der Waals surface area contributed by atoms with Crippen LogP contribution >= 0.6 is 11.3 Å². The van der Waals surface area contributed by atoms with E-state index in [9.17, 15) is 9.18 Å². The largest absolute Gasteiger partial charge is 0.313 e. The van der Waals surface area contributed by atoms with Crippen LogP contribution in [0.2, 0.25) is 0 Å². The van der Waals surface area contributed by atoms with Crippen molar-refractivity contribution in [3.05, 3.63) is 94.4 Å². The number of nitriles is 1. The zero-order valence-corrected chi connectivity index (χ0v) is 17.4. The summed E-state index contributed by atoms with van der Waals surface area (Å²) in [6.45, 7) is 2.30. The monoisotopic (exact) mass is 428 g/mol. The highest BCUT2D eigenvalue weighted by Gasteiger charge is 2.17. The van der Waals surface area contributed by atoms with Gasteiger partial charge >= 0.3 is 0 Å². The van der Waals surface area contributed by atoms with E-state index in [4.69, 9.17) is 5.26 Å². The number of aromatic nitrogens is 2. The molecule has 0 radical (unpaired) electrons. The molecule has 0 atom stereocenters. The molecule has 2 aromatic heterocycles. The van der Waals surface area contributed by atoms with Crippen molar-refractivity contribution < 1.29 is 9.18 Å². The number of benzene rings is 2. The molecular weight excluding hydrogens is 411 g/mol. The number of carbonyl (C=O) groups excluding carboxylic acids is 1. The number of hydrogen-bond donors (Lipinski definition) is 0. The summed E-state index contributed by atoms with van der Waals surface area (Å²) >= 11 is 1.42. The summed E-state index contributed by atoms with van der Waals surface area (Å²) in [4.78, 5) is 23.0. The second kappa shape index (κ2) is 8.86. The van der Waals surface area contributed by atoms with Crippen molar-refractivity contribution in [2.24, 2.45) is 0 Å².